The molecule has 0 aliphatic carbocycles. The molecule has 2 radical (unpaired) electrons. The Labute approximate surface area is 132 Å². The molecule has 0 spiro atoms. The summed E-state index contributed by atoms with van der Waals surface area (Å²) in [5.74, 6) is 0.288. The van der Waals surface area contributed by atoms with Crippen molar-refractivity contribution in [2.45, 2.75) is 40.0 Å². The van der Waals surface area contributed by atoms with Crippen LogP contribution in [0.15, 0.2) is 24.4 Å². The lowest BCUT2D eigenvalue weighted by Gasteiger charge is -2.21. The zero-order valence-corrected chi connectivity index (χ0v) is 13.9. The topological polar surface area (TPSA) is 22.1 Å². The molecule has 0 bridgehead atoms. The number of halogens is 1. The lowest BCUT2D eigenvalue weighted by molar-refractivity contribution is 0.473. The molecule has 1 aromatic heterocycles. The monoisotopic (exact) mass is 299 g/mol. The molecule has 0 fully saturated rings. The van der Waals surface area contributed by atoms with E-state index in [4.69, 9.17) is 4.74 Å². The largest absolute Gasteiger partial charge is 0.489 e. The number of nitrogens with zero attached hydrogens (tertiary/aromatic N) is 1. The van der Waals surface area contributed by atoms with Crippen LogP contribution in [-0.2, 0) is 5.41 Å². The van der Waals surface area contributed by atoms with Crippen molar-refractivity contribution in [1.82, 2.24) is 4.98 Å². The van der Waals surface area contributed by atoms with E-state index in [1.807, 2.05) is 46.4 Å². The fourth-order valence-corrected chi connectivity index (χ4v) is 2.12. The lowest BCUT2D eigenvalue weighted by atomic mass is 9.86. The van der Waals surface area contributed by atoms with Gasteiger partial charge < -0.3 is 4.74 Å². The van der Waals surface area contributed by atoms with Crippen LogP contribution in [0, 0.1) is 33.4 Å². The molecule has 1 heterocycles. The van der Waals surface area contributed by atoms with Crippen LogP contribution in [-0.4, -0.2) is 4.98 Å². The highest BCUT2D eigenvalue weighted by atomic mass is 19.1. The summed E-state index contributed by atoms with van der Waals surface area (Å²) in [5.41, 5.74) is 4.78. The predicted octanol–water partition coefficient (Wildman–Crippen LogP) is 5.22. The average molecular weight is 299 g/mol. The van der Waals surface area contributed by atoms with Gasteiger partial charge in [-0.05, 0) is 43.5 Å². The molecule has 0 aliphatic rings. The first kappa shape index (κ1) is 17.9. The van der Waals surface area contributed by atoms with E-state index in [9.17, 15) is 4.39 Å². The van der Waals surface area contributed by atoms with Crippen LogP contribution < -0.4 is 4.74 Å². The van der Waals surface area contributed by atoms with Gasteiger partial charge >= 0.3 is 0 Å². The van der Waals surface area contributed by atoms with Crippen molar-refractivity contribution in [2.24, 2.45) is 0 Å². The Hall–Kier alpha value is -2.12. The first-order chi connectivity index (χ1) is 10.2. The van der Waals surface area contributed by atoms with Gasteiger partial charge in [0, 0.05) is 16.6 Å². The molecule has 0 N–H and O–H groups in total. The number of ether oxygens (including phenoxy) is 1. The molecule has 0 saturated heterocycles. The minimum atomic E-state index is -0.316. The summed E-state index contributed by atoms with van der Waals surface area (Å²) < 4.78 is 19.5. The molecule has 0 saturated carbocycles. The second-order valence-electron chi connectivity index (χ2n) is 6.10. The SMILES string of the molecule is [CH2]Oc1c(C)c(C)nc2c(F)cc(C(C)(C)C)cc12.[CH]=C=C. The van der Waals surface area contributed by atoms with Gasteiger partial charge in [-0.3, -0.25) is 0 Å². The second-order valence-corrected chi connectivity index (χ2v) is 6.10. The third-order valence-electron chi connectivity index (χ3n) is 3.48. The second kappa shape index (κ2) is 6.76. The maximum atomic E-state index is 14.3. The summed E-state index contributed by atoms with van der Waals surface area (Å²) >= 11 is 0. The Balaban J connectivity index is 0.000000745. The Morgan fingerprint density at radius 2 is 1.82 bits per heavy atom. The van der Waals surface area contributed by atoms with Gasteiger partial charge in [-0.25, -0.2) is 9.37 Å². The fraction of sp³-hybridized carbons (Fsp3) is 0.316. The van der Waals surface area contributed by atoms with E-state index in [1.165, 1.54) is 0 Å². The number of hydrogen-bond acceptors (Lipinski definition) is 2. The number of benzene rings is 1. The summed E-state index contributed by atoms with van der Waals surface area (Å²) in [6.07, 6.45) is 0. The van der Waals surface area contributed by atoms with Crippen LogP contribution in [0.1, 0.15) is 37.6 Å². The highest BCUT2D eigenvalue weighted by Crippen LogP contribution is 2.35. The molecule has 2 rings (SSSR count). The van der Waals surface area contributed by atoms with Crippen LogP contribution in [0.4, 0.5) is 4.39 Å². The van der Waals surface area contributed by atoms with E-state index in [-0.39, 0.29) is 11.2 Å². The molecule has 0 aliphatic heterocycles. The Morgan fingerprint density at radius 3 is 2.27 bits per heavy atom. The van der Waals surface area contributed by atoms with Gasteiger partial charge in [-0.15, -0.1) is 5.73 Å². The van der Waals surface area contributed by atoms with Crippen LogP contribution in [0.5, 0.6) is 5.75 Å². The van der Waals surface area contributed by atoms with E-state index in [0.717, 1.165) is 16.8 Å². The Bertz CT molecular complexity index is 721. The molecule has 0 unspecified atom stereocenters. The van der Waals surface area contributed by atoms with Crippen LogP contribution in [0.25, 0.3) is 10.9 Å². The molecule has 0 amide bonds. The summed E-state index contributed by atoms with van der Waals surface area (Å²) in [5, 5.41) is 0.683. The fourth-order valence-electron chi connectivity index (χ4n) is 2.12. The van der Waals surface area contributed by atoms with Crippen LogP contribution >= 0.6 is 0 Å². The zero-order valence-electron chi connectivity index (χ0n) is 13.9. The summed E-state index contributed by atoms with van der Waals surface area (Å²) in [6.45, 7) is 17.4. The maximum absolute atomic E-state index is 14.3. The zero-order chi connectivity index (χ0) is 17.1. The van der Waals surface area contributed by atoms with Gasteiger partial charge in [0.15, 0.2) is 0 Å². The molecule has 0 atom stereocenters. The van der Waals surface area contributed by atoms with Crippen LogP contribution in [0.2, 0.25) is 0 Å². The van der Waals surface area contributed by atoms with Gasteiger partial charge in [0.1, 0.15) is 24.2 Å². The highest BCUT2D eigenvalue weighted by Gasteiger charge is 2.20. The van der Waals surface area contributed by atoms with Crippen molar-refractivity contribution >= 4 is 10.9 Å². The highest BCUT2D eigenvalue weighted by molar-refractivity contribution is 5.88. The maximum Gasteiger partial charge on any atom is 0.149 e. The minimum absolute atomic E-state index is 0.133. The van der Waals surface area contributed by atoms with Gasteiger partial charge in [0.25, 0.3) is 0 Å². The summed E-state index contributed by atoms with van der Waals surface area (Å²) in [7, 11) is 3.48. The molecule has 116 valence electrons. The average Bonchev–Trinajstić information content (AvgIpc) is 2.41. The molecular weight excluding hydrogens is 277 g/mol. The summed E-state index contributed by atoms with van der Waals surface area (Å²) in [6, 6.07) is 3.50. The molecule has 3 heteroatoms. The van der Waals surface area contributed by atoms with Gasteiger partial charge in [-0.1, -0.05) is 27.4 Å². The van der Waals surface area contributed by atoms with Crippen molar-refractivity contribution in [2.75, 3.05) is 0 Å². The first-order valence-corrected chi connectivity index (χ1v) is 6.93. The van der Waals surface area contributed by atoms with E-state index in [1.54, 1.807) is 6.07 Å². The van der Waals surface area contributed by atoms with E-state index >= 15 is 0 Å². The van der Waals surface area contributed by atoms with Crippen molar-refractivity contribution < 1.29 is 9.13 Å². The van der Waals surface area contributed by atoms with Gasteiger partial charge in [-0.2, -0.15) is 0 Å². The van der Waals surface area contributed by atoms with Gasteiger partial charge in [0.05, 0.1) is 0 Å². The van der Waals surface area contributed by atoms with Crippen molar-refractivity contribution in [3.8, 4) is 5.75 Å². The number of hydrogen-bond donors (Lipinski definition) is 0. The van der Waals surface area contributed by atoms with E-state index in [0.29, 0.717) is 16.7 Å². The third-order valence-corrected chi connectivity index (χ3v) is 3.48. The van der Waals surface area contributed by atoms with Crippen LogP contribution in [0.3, 0.4) is 0 Å². The number of rotatable bonds is 1. The minimum Gasteiger partial charge on any atom is -0.489 e. The molecule has 2 aromatic rings. The first-order valence-electron chi connectivity index (χ1n) is 6.93. The van der Waals surface area contributed by atoms with Gasteiger partial charge in [0.2, 0.25) is 0 Å². The smallest absolute Gasteiger partial charge is 0.149 e. The lowest BCUT2D eigenvalue weighted by Crippen LogP contribution is -2.12. The van der Waals surface area contributed by atoms with Crippen molar-refractivity contribution in [3.63, 3.8) is 0 Å². The molecule has 1 aromatic carbocycles. The molecule has 2 nitrogen and oxygen atoms in total. The molecule has 22 heavy (non-hydrogen) atoms. The summed E-state index contributed by atoms with van der Waals surface area (Å²) in [4.78, 5) is 4.32. The number of aromatic nitrogens is 1. The van der Waals surface area contributed by atoms with Crippen molar-refractivity contribution in [1.29, 1.82) is 0 Å². The predicted molar refractivity (Wildman–Crippen MR) is 89.3 cm³/mol. The number of aryl methyl sites for hydroxylation is 1. The van der Waals surface area contributed by atoms with Crippen molar-refractivity contribution in [3.05, 3.63) is 60.8 Å². The normalized spacial score (nSPS) is 10.7. The Kier molecular flexibility index (Phi) is 5.51. The van der Waals surface area contributed by atoms with E-state index in [2.05, 4.69) is 25.3 Å². The third kappa shape index (κ3) is 3.55. The standard InChI is InChI=1S/C16H19FNO.C3H3/c1-9-10(2)18-14-12(15(9)19-6)7-11(8-13(14)17)16(3,4)5;1-3-2/h7-8H,6H2,1-5H3;1H,2H2. The van der Waals surface area contributed by atoms with E-state index < -0.39 is 0 Å². The Morgan fingerprint density at radius 1 is 1.27 bits per heavy atom. The number of fused-ring (bicyclic) bond motifs is 1. The molecular formula is C19H22FNO. The number of pyridine rings is 1. The quantitative estimate of drug-likeness (QED) is 0.674.